The Labute approximate surface area is 148 Å². The molecule has 6 heteroatoms. The van der Waals surface area contributed by atoms with Crippen LogP contribution in [0.5, 0.6) is 5.75 Å². The number of fused-ring (bicyclic) bond motifs is 1. The molecule has 0 atom stereocenters. The Morgan fingerprint density at radius 2 is 2.17 bits per heavy atom. The Bertz CT molecular complexity index is 901. The van der Waals surface area contributed by atoms with Crippen molar-refractivity contribution in [1.82, 2.24) is 9.55 Å². The highest BCUT2D eigenvalue weighted by Crippen LogP contribution is 2.22. The number of benzene rings is 2. The zero-order valence-electron chi connectivity index (χ0n) is 13.2. The number of para-hydroxylation sites is 2. The molecule has 1 heterocycles. The SMILES string of the molecule is C=CCOc1ccc(Br)cc1/C=N\Nc1nc2ccccc2n1C. The van der Waals surface area contributed by atoms with E-state index in [2.05, 4.69) is 38.0 Å². The molecule has 24 heavy (non-hydrogen) atoms. The van der Waals surface area contributed by atoms with E-state index in [0.29, 0.717) is 12.6 Å². The first kappa shape index (κ1) is 16.3. The van der Waals surface area contributed by atoms with E-state index in [4.69, 9.17) is 4.74 Å². The van der Waals surface area contributed by atoms with Gasteiger partial charge in [0.2, 0.25) is 5.95 Å². The summed E-state index contributed by atoms with van der Waals surface area (Å²) < 4.78 is 8.55. The second kappa shape index (κ2) is 7.31. The number of nitrogens with one attached hydrogen (secondary N) is 1. The first-order valence-electron chi connectivity index (χ1n) is 7.43. The molecule has 0 aliphatic rings. The maximum Gasteiger partial charge on any atom is 0.224 e. The Balaban J connectivity index is 1.81. The third kappa shape index (κ3) is 3.49. The van der Waals surface area contributed by atoms with Crippen molar-refractivity contribution in [3.8, 4) is 5.75 Å². The molecule has 1 N–H and O–H groups in total. The van der Waals surface area contributed by atoms with Crippen LogP contribution in [0.25, 0.3) is 11.0 Å². The first-order chi connectivity index (χ1) is 11.7. The molecule has 1 aromatic heterocycles. The molecule has 122 valence electrons. The normalized spacial score (nSPS) is 11.1. The summed E-state index contributed by atoms with van der Waals surface area (Å²) in [5.74, 6) is 1.42. The minimum Gasteiger partial charge on any atom is -0.489 e. The highest BCUT2D eigenvalue weighted by atomic mass is 79.9. The van der Waals surface area contributed by atoms with E-state index in [0.717, 1.165) is 26.8 Å². The number of aryl methyl sites for hydroxylation is 1. The van der Waals surface area contributed by atoms with Gasteiger partial charge in [0.25, 0.3) is 0 Å². The molecule has 0 saturated carbocycles. The van der Waals surface area contributed by atoms with Gasteiger partial charge in [-0.15, -0.1) is 0 Å². The largest absolute Gasteiger partial charge is 0.489 e. The quantitative estimate of drug-likeness (QED) is 0.390. The standard InChI is InChI=1S/C18H17BrN4O/c1-3-10-24-17-9-8-14(19)11-13(17)12-20-22-18-21-15-6-4-5-7-16(15)23(18)2/h3-9,11-12H,1,10H2,2H3,(H,21,22)/b20-12-. The molecule has 0 saturated heterocycles. The molecule has 0 aliphatic carbocycles. The van der Waals surface area contributed by atoms with Crippen LogP contribution in [0.3, 0.4) is 0 Å². The summed E-state index contributed by atoms with van der Waals surface area (Å²) in [5, 5.41) is 4.29. The van der Waals surface area contributed by atoms with Crippen molar-refractivity contribution in [3.05, 3.63) is 65.2 Å². The van der Waals surface area contributed by atoms with Crippen LogP contribution < -0.4 is 10.2 Å². The van der Waals surface area contributed by atoms with Gasteiger partial charge in [-0.2, -0.15) is 5.10 Å². The van der Waals surface area contributed by atoms with E-state index in [1.54, 1.807) is 12.3 Å². The second-order valence-electron chi connectivity index (χ2n) is 5.13. The van der Waals surface area contributed by atoms with Crippen molar-refractivity contribution in [3.63, 3.8) is 0 Å². The molecule has 0 aliphatic heterocycles. The van der Waals surface area contributed by atoms with E-state index in [9.17, 15) is 0 Å². The molecule has 0 spiro atoms. The molecular formula is C18H17BrN4O. The van der Waals surface area contributed by atoms with Crippen molar-refractivity contribution in [2.45, 2.75) is 0 Å². The number of halogens is 1. The summed E-state index contributed by atoms with van der Waals surface area (Å²) in [6.07, 6.45) is 3.42. The smallest absolute Gasteiger partial charge is 0.224 e. The molecule has 5 nitrogen and oxygen atoms in total. The summed E-state index contributed by atoms with van der Waals surface area (Å²) in [7, 11) is 1.95. The van der Waals surface area contributed by atoms with Gasteiger partial charge in [0.15, 0.2) is 0 Å². The molecule has 0 amide bonds. The van der Waals surface area contributed by atoms with Crippen LogP contribution in [0.2, 0.25) is 0 Å². The Hall–Kier alpha value is -2.60. The fraction of sp³-hybridized carbons (Fsp3) is 0.111. The van der Waals surface area contributed by atoms with Crippen molar-refractivity contribution >= 4 is 39.1 Å². The average Bonchev–Trinajstić information content (AvgIpc) is 2.91. The van der Waals surface area contributed by atoms with Crippen LogP contribution in [0.1, 0.15) is 5.56 Å². The van der Waals surface area contributed by atoms with E-state index >= 15 is 0 Å². The minimum absolute atomic E-state index is 0.445. The lowest BCUT2D eigenvalue weighted by atomic mass is 10.2. The number of hydrogen-bond donors (Lipinski definition) is 1. The number of aromatic nitrogens is 2. The Kier molecular flexibility index (Phi) is 4.96. The number of hydrogen-bond acceptors (Lipinski definition) is 4. The number of rotatable bonds is 6. The first-order valence-corrected chi connectivity index (χ1v) is 8.22. The van der Waals surface area contributed by atoms with Crippen molar-refractivity contribution < 1.29 is 4.74 Å². The van der Waals surface area contributed by atoms with Crippen molar-refractivity contribution in [1.29, 1.82) is 0 Å². The molecule has 3 aromatic rings. The summed E-state index contributed by atoms with van der Waals surface area (Å²) in [6, 6.07) is 13.7. The molecule has 2 aromatic carbocycles. The predicted molar refractivity (Wildman–Crippen MR) is 102 cm³/mol. The van der Waals surface area contributed by atoms with Crippen LogP contribution in [0.15, 0.2) is 64.7 Å². The fourth-order valence-corrected chi connectivity index (χ4v) is 2.68. The lowest BCUT2D eigenvalue weighted by Crippen LogP contribution is -2.00. The number of ether oxygens (including phenoxy) is 1. The van der Waals surface area contributed by atoms with Gasteiger partial charge in [-0.3, -0.25) is 0 Å². The van der Waals surface area contributed by atoms with Crippen molar-refractivity contribution in [2.75, 3.05) is 12.0 Å². The predicted octanol–water partition coefficient (Wildman–Crippen LogP) is 4.35. The van der Waals surface area contributed by atoms with Gasteiger partial charge in [-0.1, -0.05) is 40.7 Å². The molecule has 3 rings (SSSR count). The summed E-state index contributed by atoms with van der Waals surface area (Å²) in [4.78, 5) is 4.52. The van der Waals surface area contributed by atoms with E-state index in [1.807, 2.05) is 54.1 Å². The fourth-order valence-electron chi connectivity index (χ4n) is 2.31. The lowest BCUT2D eigenvalue weighted by molar-refractivity contribution is 0.362. The second-order valence-corrected chi connectivity index (χ2v) is 6.05. The van der Waals surface area contributed by atoms with Crippen LogP contribution in [-0.4, -0.2) is 22.4 Å². The van der Waals surface area contributed by atoms with Crippen LogP contribution in [-0.2, 0) is 7.05 Å². The summed E-state index contributed by atoms with van der Waals surface area (Å²) in [6.45, 7) is 4.11. The van der Waals surface area contributed by atoms with Gasteiger partial charge in [0, 0.05) is 17.1 Å². The van der Waals surface area contributed by atoms with Crippen LogP contribution in [0.4, 0.5) is 5.95 Å². The monoisotopic (exact) mass is 384 g/mol. The third-order valence-corrected chi connectivity index (χ3v) is 3.98. The van der Waals surface area contributed by atoms with E-state index in [1.165, 1.54) is 0 Å². The molecule has 0 fully saturated rings. The number of imidazole rings is 1. The maximum atomic E-state index is 5.64. The van der Waals surface area contributed by atoms with Gasteiger partial charge in [-0.25, -0.2) is 10.4 Å². The zero-order chi connectivity index (χ0) is 16.9. The maximum absolute atomic E-state index is 5.64. The van der Waals surface area contributed by atoms with Crippen molar-refractivity contribution in [2.24, 2.45) is 12.1 Å². The Morgan fingerprint density at radius 3 is 2.96 bits per heavy atom. The highest BCUT2D eigenvalue weighted by Gasteiger charge is 2.06. The van der Waals surface area contributed by atoms with Gasteiger partial charge in [0.05, 0.1) is 17.2 Å². The molecule has 0 radical (unpaired) electrons. The average molecular weight is 385 g/mol. The number of anilines is 1. The molecule has 0 unspecified atom stereocenters. The molecular weight excluding hydrogens is 368 g/mol. The zero-order valence-corrected chi connectivity index (χ0v) is 14.8. The molecule has 0 bridgehead atoms. The lowest BCUT2D eigenvalue weighted by Gasteiger charge is -2.07. The number of nitrogens with zero attached hydrogens (tertiary/aromatic N) is 3. The van der Waals surface area contributed by atoms with Gasteiger partial charge < -0.3 is 9.30 Å². The summed E-state index contributed by atoms with van der Waals surface area (Å²) in [5.41, 5.74) is 5.82. The van der Waals surface area contributed by atoms with E-state index in [-0.39, 0.29) is 0 Å². The minimum atomic E-state index is 0.445. The van der Waals surface area contributed by atoms with Gasteiger partial charge >= 0.3 is 0 Å². The highest BCUT2D eigenvalue weighted by molar-refractivity contribution is 9.10. The third-order valence-electron chi connectivity index (χ3n) is 3.48. The van der Waals surface area contributed by atoms with Gasteiger partial charge in [-0.05, 0) is 30.3 Å². The van der Waals surface area contributed by atoms with Gasteiger partial charge in [0.1, 0.15) is 12.4 Å². The topological polar surface area (TPSA) is 51.4 Å². The Morgan fingerprint density at radius 1 is 1.33 bits per heavy atom. The summed E-state index contributed by atoms with van der Waals surface area (Å²) >= 11 is 3.46. The van der Waals surface area contributed by atoms with E-state index < -0.39 is 0 Å². The van der Waals surface area contributed by atoms with Crippen LogP contribution in [0, 0.1) is 0 Å². The number of hydrazone groups is 1. The van der Waals surface area contributed by atoms with Crippen LogP contribution >= 0.6 is 15.9 Å².